The molecule has 0 saturated carbocycles. The fourth-order valence-corrected chi connectivity index (χ4v) is 2.41. The van der Waals surface area contributed by atoms with Gasteiger partial charge in [0.15, 0.2) is 0 Å². The molecule has 118 valence electrons. The van der Waals surface area contributed by atoms with Crippen LogP contribution in [0.25, 0.3) is 0 Å². The predicted octanol–water partition coefficient (Wildman–Crippen LogP) is 3.53. The van der Waals surface area contributed by atoms with Gasteiger partial charge in [-0.1, -0.05) is 35.9 Å². The topological polar surface area (TPSA) is 41.5 Å². The van der Waals surface area contributed by atoms with Crippen molar-refractivity contribution in [3.8, 4) is 5.75 Å². The quantitative estimate of drug-likeness (QED) is 0.858. The monoisotopic (exact) mass is 303 g/mol. The summed E-state index contributed by atoms with van der Waals surface area (Å²) in [7, 11) is 1.52. The van der Waals surface area contributed by atoms with Gasteiger partial charge < -0.3 is 15.2 Å². The minimum Gasteiger partial charge on any atom is -0.496 e. The first kappa shape index (κ1) is 16.5. The summed E-state index contributed by atoms with van der Waals surface area (Å²) in [5, 5.41) is 13.4. The smallest absolute Gasteiger partial charge is 0.131 e. The molecule has 0 amide bonds. The Morgan fingerprint density at radius 1 is 1.18 bits per heavy atom. The van der Waals surface area contributed by atoms with Crippen LogP contribution < -0.4 is 10.1 Å². The maximum atomic E-state index is 14.0. The molecule has 0 fully saturated rings. The molecule has 3 nitrogen and oxygen atoms in total. The molecule has 22 heavy (non-hydrogen) atoms. The molecule has 0 aliphatic heterocycles. The Bertz CT molecular complexity index is 613. The van der Waals surface area contributed by atoms with Gasteiger partial charge in [0, 0.05) is 18.2 Å². The number of nitrogens with one attached hydrogen (secondary N) is 1. The van der Waals surface area contributed by atoms with E-state index in [4.69, 9.17) is 4.74 Å². The minimum absolute atomic E-state index is 0.267. The van der Waals surface area contributed by atoms with Gasteiger partial charge in [-0.25, -0.2) is 4.39 Å². The van der Waals surface area contributed by atoms with E-state index >= 15 is 0 Å². The fourth-order valence-electron chi connectivity index (χ4n) is 2.41. The standard InChI is InChI=1S/C18H22FNO2/c1-12-7-9-14(10-8-12)16(21)11-20-13(2)18-15(19)5-4-6-17(18)22-3/h4-10,13,16,20-21H,11H2,1-3H3. The molecule has 2 rings (SSSR count). The van der Waals surface area contributed by atoms with Crippen molar-refractivity contribution in [3.63, 3.8) is 0 Å². The fraction of sp³-hybridized carbons (Fsp3) is 0.333. The number of hydrogen-bond acceptors (Lipinski definition) is 3. The lowest BCUT2D eigenvalue weighted by atomic mass is 10.0. The number of methoxy groups -OCH3 is 1. The summed E-state index contributed by atoms with van der Waals surface area (Å²) in [6.45, 7) is 4.19. The first-order valence-corrected chi connectivity index (χ1v) is 7.33. The maximum Gasteiger partial charge on any atom is 0.131 e. The van der Waals surface area contributed by atoms with Crippen LogP contribution in [0.4, 0.5) is 4.39 Å². The molecule has 0 heterocycles. The largest absolute Gasteiger partial charge is 0.496 e. The SMILES string of the molecule is COc1cccc(F)c1C(C)NCC(O)c1ccc(C)cc1. The number of rotatable bonds is 6. The summed E-state index contributed by atoms with van der Waals surface area (Å²) >= 11 is 0. The zero-order chi connectivity index (χ0) is 16.1. The average Bonchev–Trinajstić information content (AvgIpc) is 2.52. The first-order valence-electron chi connectivity index (χ1n) is 7.33. The van der Waals surface area contributed by atoms with Crippen molar-refractivity contribution in [2.75, 3.05) is 13.7 Å². The van der Waals surface area contributed by atoms with E-state index in [9.17, 15) is 9.50 Å². The van der Waals surface area contributed by atoms with Gasteiger partial charge in [-0.3, -0.25) is 0 Å². The highest BCUT2D eigenvalue weighted by Crippen LogP contribution is 2.28. The van der Waals surface area contributed by atoms with Crippen LogP contribution in [-0.2, 0) is 0 Å². The summed E-state index contributed by atoms with van der Waals surface area (Å²) in [4.78, 5) is 0. The summed E-state index contributed by atoms with van der Waals surface area (Å²) in [6.07, 6.45) is -0.638. The molecule has 2 N–H and O–H groups in total. The van der Waals surface area contributed by atoms with Gasteiger partial charge in [0.1, 0.15) is 11.6 Å². The molecule has 0 spiro atoms. The Kier molecular flexibility index (Phi) is 5.52. The zero-order valence-corrected chi connectivity index (χ0v) is 13.1. The van der Waals surface area contributed by atoms with Crippen molar-refractivity contribution in [2.24, 2.45) is 0 Å². The second kappa shape index (κ2) is 7.38. The van der Waals surface area contributed by atoms with Crippen LogP contribution in [0, 0.1) is 12.7 Å². The Morgan fingerprint density at radius 2 is 1.86 bits per heavy atom. The van der Waals surface area contributed by atoms with Crippen LogP contribution in [0.3, 0.4) is 0 Å². The molecule has 0 aromatic heterocycles. The number of ether oxygens (including phenoxy) is 1. The predicted molar refractivity (Wildman–Crippen MR) is 85.5 cm³/mol. The van der Waals surface area contributed by atoms with Crippen LogP contribution >= 0.6 is 0 Å². The van der Waals surface area contributed by atoms with Gasteiger partial charge in [-0.05, 0) is 31.5 Å². The van der Waals surface area contributed by atoms with E-state index in [0.717, 1.165) is 11.1 Å². The molecule has 2 aromatic rings. The third-order valence-electron chi connectivity index (χ3n) is 3.75. The molecule has 2 atom stereocenters. The molecular formula is C18H22FNO2. The second-order valence-corrected chi connectivity index (χ2v) is 5.41. The van der Waals surface area contributed by atoms with E-state index in [1.165, 1.54) is 13.2 Å². The maximum absolute atomic E-state index is 14.0. The molecule has 0 bridgehead atoms. The van der Waals surface area contributed by atoms with E-state index in [-0.39, 0.29) is 11.9 Å². The molecule has 0 radical (unpaired) electrons. The van der Waals surface area contributed by atoms with Crippen LogP contribution in [0.5, 0.6) is 5.75 Å². The van der Waals surface area contributed by atoms with E-state index in [2.05, 4.69) is 5.32 Å². The molecule has 2 unspecified atom stereocenters. The molecule has 0 saturated heterocycles. The summed E-state index contributed by atoms with van der Waals surface area (Å²) in [5.74, 6) is 0.189. The third-order valence-corrected chi connectivity index (χ3v) is 3.75. The summed E-state index contributed by atoms with van der Waals surface area (Å²) in [6, 6.07) is 12.2. The third kappa shape index (κ3) is 3.84. The number of aliphatic hydroxyl groups excluding tert-OH is 1. The van der Waals surface area contributed by atoms with Crippen LogP contribution in [0.2, 0.25) is 0 Å². The Hall–Kier alpha value is -1.91. The zero-order valence-electron chi connectivity index (χ0n) is 13.1. The highest BCUT2D eigenvalue weighted by molar-refractivity contribution is 5.37. The van der Waals surface area contributed by atoms with Crippen LogP contribution in [0.15, 0.2) is 42.5 Å². The lowest BCUT2D eigenvalue weighted by Crippen LogP contribution is -2.25. The number of aryl methyl sites for hydroxylation is 1. The summed E-state index contributed by atoms with van der Waals surface area (Å²) in [5.41, 5.74) is 2.46. The van der Waals surface area contributed by atoms with Crippen LogP contribution in [0.1, 0.15) is 35.8 Å². The Morgan fingerprint density at radius 3 is 2.50 bits per heavy atom. The van der Waals surface area contributed by atoms with Crippen molar-refractivity contribution in [1.29, 1.82) is 0 Å². The average molecular weight is 303 g/mol. The van der Waals surface area contributed by atoms with Gasteiger partial charge in [0.25, 0.3) is 0 Å². The summed E-state index contributed by atoms with van der Waals surface area (Å²) < 4.78 is 19.2. The normalized spacial score (nSPS) is 13.7. The van der Waals surface area contributed by atoms with E-state index in [1.807, 2.05) is 38.1 Å². The lowest BCUT2D eigenvalue weighted by Gasteiger charge is -2.20. The molecule has 0 aliphatic carbocycles. The number of aliphatic hydroxyl groups is 1. The molecule has 4 heteroatoms. The van der Waals surface area contributed by atoms with Crippen molar-refractivity contribution >= 4 is 0 Å². The van der Waals surface area contributed by atoms with Gasteiger partial charge >= 0.3 is 0 Å². The molecule has 0 aliphatic rings. The van der Waals surface area contributed by atoms with Gasteiger partial charge in [-0.2, -0.15) is 0 Å². The van der Waals surface area contributed by atoms with Crippen molar-refractivity contribution in [2.45, 2.75) is 26.0 Å². The van der Waals surface area contributed by atoms with E-state index in [0.29, 0.717) is 17.9 Å². The minimum atomic E-state index is -0.638. The van der Waals surface area contributed by atoms with Crippen molar-refractivity contribution in [1.82, 2.24) is 5.32 Å². The first-order chi connectivity index (χ1) is 10.5. The second-order valence-electron chi connectivity index (χ2n) is 5.41. The highest BCUT2D eigenvalue weighted by Gasteiger charge is 2.17. The Balaban J connectivity index is 2.03. The van der Waals surface area contributed by atoms with Crippen molar-refractivity contribution in [3.05, 3.63) is 65.0 Å². The van der Waals surface area contributed by atoms with Crippen LogP contribution in [-0.4, -0.2) is 18.8 Å². The lowest BCUT2D eigenvalue weighted by molar-refractivity contribution is 0.170. The number of benzene rings is 2. The van der Waals surface area contributed by atoms with Crippen molar-refractivity contribution < 1.29 is 14.2 Å². The van der Waals surface area contributed by atoms with Gasteiger partial charge in [0.05, 0.1) is 13.2 Å². The van der Waals surface area contributed by atoms with E-state index < -0.39 is 6.10 Å². The number of halogens is 1. The van der Waals surface area contributed by atoms with E-state index in [1.54, 1.807) is 12.1 Å². The van der Waals surface area contributed by atoms with Gasteiger partial charge in [0.2, 0.25) is 0 Å². The Labute approximate surface area is 130 Å². The number of hydrogen-bond donors (Lipinski definition) is 2. The highest BCUT2D eigenvalue weighted by atomic mass is 19.1. The molecular weight excluding hydrogens is 281 g/mol. The molecule has 2 aromatic carbocycles. The van der Waals surface area contributed by atoms with Gasteiger partial charge in [-0.15, -0.1) is 0 Å².